The lowest BCUT2D eigenvalue weighted by Gasteiger charge is -2.12. The first-order valence-corrected chi connectivity index (χ1v) is 9.02. The average molecular weight is 361 g/mol. The molecule has 4 nitrogen and oxygen atoms in total. The maximum atomic E-state index is 12.3. The first kappa shape index (κ1) is 18.8. The Labute approximate surface area is 159 Å². The molecule has 0 saturated heterocycles. The summed E-state index contributed by atoms with van der Waals surface area (Å²) < 4.78 is 5.73. The lowest BCUT2D eigenvalue weighted by Crippen LogP contribution is -2.24. The van der Waals surface area contributed by atoms with Gasteiger partial charge in [-0.3, -0.25) is 4.79 Å². The number of ketones is 1. The highest BCUT2D eigenvalue weighted by atomic mass is 16.5. The Bertz CT molecular complexity index is 833. The van der Waals surface area contributed by atoms with E-state index in [0.29, 0.717) is 30.8 Å². The van der Waals surface area contributed by atoms with Gasteiger partial charge in [-0.2, -0.15) is 0 Å². The van der Waals surface area contributed by atoms with E-state index in [-0.39, 0.29) is 5.78 Å². The number of benzene rings is 3. The third-order valence-corrected chi connectivity index (χ3v) is 4.21. The molecule has 27 heavy (non-hydrogen) atoms. The molecule has 0 fully saturated rings. The normalized spacial score (nSPS) is 11.7. The van der Waals surface area contributed by atoms with Crippen LogP contribution in [0.1, 0.15) is 28.4 Å². The molecule has 3 aromatic carbocycles. The van der Waals surface area contributed by atoms with Crippen LogP contribution in [-0.2, 0) is 0 Å². The molecular formula is C23H23NO3. The molecule has 0 saturated carbocycles. The summed E-state index contributed by atoms with van der Waals surface area (Å²) in [4.78, 5) is 12.3. The van der Waals surface area contributed by atoms with Gasteiger partial charge in [-0.15, -0.1) is 0 Å². The van der Waals surface area contributed by atoms with Crippen molar-refractivity contribution in [1.29, 1.82) is 0 Å². The Morgan fingerprint density at radius 2 is 1.44 bits per heavy atom. The molecule has 4 heteroatoms. The highest BCUT2D eigenvalue weighted by Gasteiger charge is 2.09. The van der Waals surface area contributed by atoms with Gasteiger partial charge in [0.15, 0.2) is 5.78 Å². The van der Waals surface area contributed by atoms with Gasteiger partial charge in [-0.1, -0.05) is 48.5 Å². The second kappa shape index (κ2) is 9.67. The summed E-state index contributed by atoms with van der Waals surface area (Å²) in [6.07, 6.45) is -0.198. The maximum absolute atomic E-state index is 12.3. The molecule has 0 spiro atoms. The van der Waals surface area contributed by atoms with Crippen molar-refractivity contribution < 1.29 is 14.6 Å². The van der Waals surface area contributed by atoms with Crippen molar-refractivity contribution in [2.24, 2.45) is 0 Å². The molecule has 0 heterocycles. The zero-order valence-electron chi connectivity index (χ0n) is 15.0. The predicted molar refractivity (Wildman–Crippen MR) is 106 cm³/mol. The van der Waals surface area contributed by atoms with Gasteiger partial charge in [0.05, 0.1) is 6.10 Å². The van der Waals surface area contributed by atoms with E-state index in [2.05, 4.69) is 5.32 Å². The molecule has 0 aliphatic heterocycles. The van der Waals surface area contributed by atoms with E-state index < -0.39 is 6.10 Å². The van der Waals surface area contributed by atoms with Crippen molar-refractivity contribution in [2.45, 2.75) is 12.5 Å². The number of carbonyl (C=O) groups is 1. The summed E-state index contributed by atoms with van der Waals surface area (Å²) in [5.41, 5.74) is 1.52. The van der Waals surface area contributed by atoms with Crippen LogP contribution in [0.4, 0.5) is 0 Å². The topological polar surface area (TPSA) is 58.6 Å². The minimum absolute atomic E-state index is 0.0583. The van der Waals surface area contributed by atoms with Crippen LogP contribution in [0.2, 0.25) is 0 Å². The average Bonchev–Trinajstić information content (AvgIpc) is 2.73. The van der Waals surface area contributed by atoms with Gasteiger partial charge < -0.3 is 15.2 Å². The van der Waals surface area contributed by atoms with Crippen molar-refractivity contribution in [2.75, 3.05) is 13.1 Å². The fraction of sp³-hybridized carbons (Fsp3) is 0.174. The molecule has 0 aliphatic rings. The lowest BCUT2D eigenvalue weighted by molar-refractivity contribution is 0.0979. The highest BCUT2D eigenvalue weighted by Crippen LogP contribution is 2.21. The van der Waals surface area contributed by atoms with Gasteiger partial charge in [-0.05, 0) is 42.0 Å². The Morgan fingerprint density at radius 3 is 2.11 bits per heavy atom. The van der Waals surface area contributed by atoms with Gasteiger partial charge in [0, 0.05) is 25.1 Å². The molecule has 3 rings (SSSR count). The molecular weight excluding hydrogens is 338 g/mol. The van der Waals surface area contributed by atoms with E-state index in [1.165, 1.54) is 0 Å². The molecule has 138 valence electrons. The first-order chi connectivity index (χ1) is 13.2. The van der Waals surface area contributed by atoms with Crippen LogP contribution < -0.4 is 10.1 Å². The molecule has 1 atom stereocenters. The van der Waals surface area contributed by atoms with Gasteiger partial charge >= 0.3 is 0 Å². The number of aliphatic hydroxyl groups excluding tert-OH is 1. The Morgan fingerprint density at radius 1 is 0.852 bits per heavy atom. The van der Waals surface area contributed by atoms with Crippen LogP contribution in [0.5, 0.6) is 11.5 Å². The Balaban J connectivity index is 1.43. The smallest absolute Gasteiger partial charge is 0.164 e. The Kier molecular flexibility index (Phi) is 6.74. The molecule has 0 aromatic heterocycles. The molecule has 3 aromatic rings. The summed E-state index contributed by atoms with van der Waals surface area (Å²) in [6.45, 7) is 0.937. The van der Waals surface area contributed by atoms with Crippen molar-refractivity contribution in [3.8, 4) is 11.5 Å². The molecule has 0 bridgehead atoms. The van der Waals surface area contributed by atoms with E-state index in [4.69, 9.17) is 4.74 Å². The van der Waals surface area contributed by atoms with E-state index in [0.717, 1.165) is 11.3 Å². The second-order valence-electron chi connectivity index (χ2n) is 6.24. The van der Waals surface area contributed by atoms with E-state index in [1.54, 1.807) is 24.3 Å². The number of ether oxygens (including phenoxy) is 1. The quantitative estimate of drug-likeness (QED) is 0.439. The summed E-state index contributed by atoms with van der Waals surface area (Å²) in [5.74, 6) is 1.52. The van der Waals surface area contributed by atoms with E-state index in [9.17, 15) is 9.90 Å². The minimum atomic E-state index is -0.573. The molecule has 0 aliphatic carbocycles. The van der Waals surface area contributed by atoms with Crippen LogP contribution in [0.25, 0.3) is 0 Å². The number of carbonyl (C=O) groups excluding carboxylic acids is 1. The van der Waals surface area contributed by atoms with E-state index >= 15 is 0 Å². The van der Waals surface area contributed by atoms with Crippen molar-refractivity contribution in [3.05, 3.63) is 96.1 Å². The summed E-state index contributed by atoms with van der Waals surface area (Å²) >= 11 is 0. The van der Waals surface area contributed by atoms with Crippen LogP contribution in [-0.4, -0.2) is 24.0 Å². The van der Waals surface area contributed by atoms with Crippen molar-refractivity contribution in [1.82, 2.24) is 5.32 Å². The second-order valence-corrected chi connectivity index (χ2v) is 6.24. The summed E-state index contributed by atoms with van der Waals surface area (Å²) in [7, 11) is 0. The summed E-state index contributed by atoms with van der Waals surface area (Å²) in [5, 5.41) is 13.2. The SMILES string of the molecule is O=C(CCNCC(O)c1ccccc1)c1ccc(Oc2ccccc2)cc1. The molecule has 2 N–H and O–H groups in total. The van der Waals surface area contributed by atoms with Crippen LogP contribution in [0.15, 0.2) is 84.9 Å². The Hall–Kier alpha value is -2.95. The fourth-order valence-electron chi connectivity index (χ4n) is 2.71. The number of rotatable bonds is 9. The largest absolute Gasteiger partial charge is 0.457 e. The number of Topliss-reactive ketones (excluding diaryl/α,β-unsaturated/α-hetero) is 1. The number of para-hydroxylation sites is 1. The zero-order chi connectivity index (χ0) is 18.9. The van der Waals surface area contributed by atoms with Gasteiger partial charge in [0.1, 0.15) is 11.5 Å². The number of hydrogen-bond acceptors (Lipinski definition) is 4. The predicted octanol–water partition coefficient (Wildman–Crippen LogP) is 4.37. The lowest BCUT2D eigenvalue weighted by atomic mass is 10.1. The number of nitrogens with one attached hydrogen (secondary N) is 1. The van der Waals surface area contributed by atoms with Gasteiger partial charge in [0.2, 0.25) is 0 Å². The van der Waals surface area contributed by atoms with E-state index in [1.807, 2.05) is 60.7 Å². The molecule has 0 radical (unpaired) electrons. The summed E-state index contributed by atoms with van der Waals surface area (Å²) in [6, 6.07) is 26.2. The van der Waals surface area contributed by atoms with Crippen molar-refractivity contribution >= 4 is 5.78 Å². The molecule has 0 amide bonds. The minimum Gasteiger partial charge on any atom is -0.457 e. The van der Waals surface area contributed by atoms with Crippen LogP contribution >= 0.6 is 0 Å². The third kappa shape index (κ3) is 5.78. The van der Waals surface area contributed by atoms with Gasteiger partial charge in [0.25, 0.3) is 0 Å². The number of hydrogen-bond donors (Lipinski definition) is 2. The highest BCUT2D eigenvalue weighted by molar-refractivity contribution is 5.96. The first-order valence-electron chi connectivity index (χ1n) is 9.02. The van der Waals surface area contributed by atoms with Crippen molar-refractivity contribution in [3.63, 3.8) is 0 Å². The third-order valence-electron chi connectivity index (χ3n) is 4.21. The van der Waals surface area contributed by atoms with Crippen LogP contribution in [0.3, 0.4) is 0 Å². The number of aliphatic hydroxyl groups is 1. The monoisotopic (exact) mass is 361 g/mol. The zero-order valence-corrected chi connectivity index (χ0v) is 15.0. The molecule has 1 unspecified atom stereocenters. The maximum Gasteiger partial charge on any atom is 0.164 e. The van der Waals surface area contributed by atoms with Gasteiger partial charge in [-0.25, -0.2) is 0 Å². The van der Waals surface area contributed by atoms with Crippen LogP contribution in [0, 0.1) is 0 Å². The standard InChI is InChI=1S/C23H23NO3/c25-22(15-16-24-17-23(26)18-7-3-1-4-8-18)19-11-13-21(14-12-19)27-20-9-5-2-6-10-20/h1-14,23-24,26H,15-17H2. The fourth-order valence-corrected chi connectivity index (χ4v) is 2.71.